The molecule has 0 aliphatic rings. The maximum absolute atomic E-state index is 11.7. The summed E-state index contributed by atoms with van der Waals surface area (Å²) in [5, 5.41) is 19.2. The second-order valence-electron chi connectivity index (χ2n) is 4.57. The van der Waals surface area contributed by atoms with E-state index in [1.165, 1.54) is 0 Å². The van der Waals surface area contributed by atoms with Gasteiger partial charge in [-0.15, -0.1) is 0 Å². The van der Waals surface area contributed by atoms with E-state index in [0.717, 1.165) is 0 Å². The Bertz CT molecular complexity index is 401. The smallest absolute Gasteiger partial charge is 0.322 e. The molecule has 0 aliphatic carbocycles. The summed E-state index contributed by atoms with van der Waals surface area (Å²) in [6.45, 7) is -0.509. The van der Waals surface area contributed by atoms with Crippen molar-refractivity contribution < 1.29 is 29.4 Å². The molecule has 2 unspecified atom stereocenters. The van der Waals surface area contributed by atoms with Crippen molar-refractivity contribution in [2.75, 3.05) is 12.3 Å². The standard InChI is InChI=1S/C12H20N2O6S/c13-9(12(19)20)3-1-2-8(15)4-7(6-21)11(18)14-5-10(16)17/h7,9,21H,1-6,13H2,(H,14,18)(H,16,17)(H,19,20). The van der Waals surface area contributed by atoms with E-state index in [-0.39, 0.29) is 30.8 Å². The van der Waals surface area contributed by atoms with Crippen molar-refractivity contribution in [2.45, 2.75) is 31.7 Å². The lowest BCUT2D eigenvalue weighted by Gasteiger charge is -2.13. The van der Waals surface area contributed by atoms with Gasteiger partial charge in [0.05, 0.1) is 5.92 Å². The molecule has 0 heterocycles. The van der Waals surface area contributed by atoms with Gasteiger partial charge in [0.25, 0.3) is 0 Å². The van der Waals surface area contributed by atoms with Crippen LogP contribution in [0.4, 0.5) is 0 Å². The van der Waals surface area contributed by atoms with E-state index >= 15 is 0 Å². The highest BCUT2D eigenvalue weighted by Gasteiger charge is 2.21. The van der Waals surface area contributed by atoms with Crippen molar-refractivity contribution >= 4 is 36.3 Å². The number of amides is 1. The third-order valence-corrected chi connectivity index (χ3v) is 3.21. The minimum absolute atomic E-state index is 0.0583. The molecule has 0 aromatic carbocycles. The summed E-state index contributed by atoms with van der Waals surface area (Å²) in [7, 11) is 0. The Morgan fingerprint density at radius 3 is 2.29 bits per heavy atom. The average Bonchev–Trinajstić information content (AvgIpc) is 2.41. The maximum atomic E-state index is 11.7. The quantitative estimate of drug-likeness (QED) is 0.315. The molecule has 21 heavy (non-hydrogen) atoms. The molecule has 120 valence electrons. The fourth-order valence-corrected chi connectivity index (χ4v) is 1.86. The topological polar surface area (TPSA) is 147 Å². The van der Waals surface area contributed by atoms with Gasteiger partial charge in [0.2, 0.25) is 5.91 Å². The van der Waals surface area contributed by atoms with Gasteiger partial charge in [0, 0.05) is 18.6 Å². The third-order valence-electron chi connectivity index (χ3n) is 2.77. The molecular formula is C12H20N2O6S. The zero-order valence-corrected chi connectivity index (χ0v) is 12.3. The van der Waals surface area contributed by atoms with Crippen LogP contribution in [0.25, 0.3) is 0 Å². The van der Waals surface area contributed by atoms with E-state index in [1.807, 2.05) is 0 Å². The number of carboxylic acids is 2. The van der Waals surface area contributed by atoms with Gasteiger partial charge in [-0.2, -0.15) is 12.6 Å². The van der Waals surface area contributed by atoms with Crippen LogP contribution in [0, 0.1) is 5.92 Å². The number of nitrogens with one attached hydrogen (secondary N) is 1. The lowest BCUT2D eigenvalue weighted by molar-refractivity contribution is -0.139. The highest BCUT2D eigenvalue weighted by Crippen LogP contribution is 2.10. The lowest BCUT2D eigenvalue weighted by atomic mass is 9.99. The van der Waals surface area contributed by atoms with Crippen molar-refractivity contribution in [3.63, 3.8) is 0 Å². The fourth-order valence-electron chi connectivity index (χ4n) is 1.57. The van der Waals surface area contributed by atoms with Gasteiger partial charge in [-0.3, -0.25) is 19.2 Å². The van der Waals surface area contributed by atoms with E-state index in [9.17, 15) is 19.2 Å². The number of aliphatic carboxylic acids is 2. The molecule has 0 saturated carbocycles. The monoisotopic (exact) mass is 320 g/mol. The Labute approximate surface area is 127 Å². The number of carbonyl (C=O) groups is 4. The first-order valence-electron chi connectivity index (χ1n) is 6.38. The average molecular weight is 320 g/mol. The first-order valence-corrected chi connectivity index (χ1v) is 7.01. The molecule has 0 aromatic heterocycles. The Balaban J connectivity index is 4.11. The Morgan fingerprint density at radius 2 is 1.81 bits per heavy atom. The highest BCUT2D eigenvalue weighted by molar-refractivity contribution is 7.80. The summed E-state index contributed by atoms with van der Waals surface area (Å²) in [4.78, 5) is 44.1. The van der Waals surface area contributed by atoms with Gasteiger partial charge in [-0.25, -0.2) is 0 Å². The lowest BCUT2D eigenvalue weighted by Crippen LogP contribution is -2.36. The van der Waals surface area contributed by atoms with E-state index in [2.05, 4.69) is 17.9 Å². The fraction of sp³-hybridized carbons (Fsp3) is 0.667. The Hall–Kier alpha value is -1.61. The molecule has 5 N–H and O–H groups in total. The second kappa shape index (κ2) is 10.2. The molecule has 2 atom stereocenters. The van der Waals surface area contributed by atoms with Crippen LogP contribution in [0.3, 0.4) is 0 Å². The summed E-state index contributed by atoms with van der Waals surface area (Å²) < 4.78 is 0. The molecule has 0 bridgehead atoms. The van der Waals surface area contributed by atoms with Crippen molar-refractivity contribution in [1.82, 2.24) is 5.32 Å². The molecule has 0 aromatic rings. The maximum Gasteiger partial charge on any atom is 0.322 e. The number of carbonyl (C=O) groups excluding carboxylic acids is 2. The zero-order valence-electron chi connectivity index (χ0n) is 11.4. The highest BCUT2D eigenvalue weighted by atomic mass is 32.1. The molecule has 0 spiro atoms. The number of hydrogen-bond acceptors (Lipinski definition) is 6. The second-order valence-corrected chi connectivity index (χ2v) is 4.94. The largest absolute Gasteiger partial charge is 0.480 e. The predicted molar refractivity (Wildman–Crippen MR) is 77.1 cm³/mol. The molecule has 0 radical (unpaired) electrons. The normalized spacial score (nSPS) is 13.2. The number of rotatable bonds is 11. The first-order chi connectivity index (χ1) is 9.77. The minimum atomic E-state index is -1.17. The van der Waals surface area contributed by atoms with Crippen LogP contribution in [-0.4, -0.2) is 52.2 Å². The number of carboxylic acid groups (broad SMARTS) is 2. The van der Waals surface area contributed by atoms with Crippen molar-refractivity contribution in [3.8, 4) is 0 Å². The van der Waals surface area contributed by atoms with Gasteiger partial charge < -0.3 is 21.3 Å². The summed E-state index contributed by atoms with van der Waals surface area (Å²) in [5.74, 6) is -3.63. The van der Waals surface area contributed by atoms with Crippen molar-refractivity contribution in [2.24, 2.45) is 11.7 Å². The van der Waals surface area contributed by atoms with Crippen molar-refractivity contribution in [3.05, 3.63) is 0 Å². The molecular weight excluding hydrogens is 300 g/mol. The molecule has 8 nitrogen and oxygen atoms in total. The van der Waals surface area contributed by atoms with Crippen LogP contribution in [0.5, 0.6) is 0 Å². The van der Waals surface area contributed by atoms with Crippen LogP contribution in [0.15, 0.2) is 0 Å². The molecule has 0 aliphatic heterocycles. The Kier molecular flexibility index (Phi) is 9.39. The summed E-state index contributed by atoms with van der Waals surface area (Å²) >= 11 is 3.97. The van der Waals surface area contributed by atoms with Crippen LogP contribution < -0.4 is 11.1 Å². The van der Waals surface area contributed by atoms with Crippen LogP contribution in [0.2, 0.25) is 0 Å². The van der Waals surface area contributed by atoms with Crippen molar-refractivity contribution in [1.29, 1.82) is 0 Å². The molecule has 0 saturated heterocycles. The van der Waals surface area contributed by atoms with Gasteiger partial charge in [-0.1, -0.05) is 0 Å². The SMILES string of the molecule is NC(CCCC(=O)CC(CS)C(=O)NCC(=O)O)C(=O)O. The van der Waals surface area contributed by atoms with E-state index in [0.29, 0.717) is 6.42 Å². The van der Waals surface area contributed by atoms with Crippen LogP contribution in [0.1, 0.15) is 25.7 Å². The minimum Gasteiger partial charge on any atom is -0.480 e. The summed E-state index contributed by atoms with van der Waals surface area (Å²) in [5.41, 5.74) is 5.30. The number of nitrogens with two attached hydrogens (primary N) is 1. The predicted octanol–water partition coefficient (Wildman–Crippen LogP) is -0.725. The van der Waals surface area contributed by atoms with Gasteiger partial charge in [-0.05, 0) is 12.8 Å². The van der Waals surface area contributed by atoms with Gasteiger partial charge >= 0.3 is 11.9 Å². The summed E-state index contributed by atoms with van der Waals surface area (Å²) in [6, 6.07) is -1.00. The number of ketones is 1. The number of thiol groups is 1. The third kappa shape index (κ3) is 9.03. The van der Waals surface area contributed by atoms with E-state index in [4.69, 9.17) is 15.9 Å². The molecule has 9 heteroatoms. The van der Waals surface area contributed by atoms with E-state index < -0.39 is 36.4 Å². The molecule has 1 amide bonds. The van der Waals surface area contributed by atoms with Gasteiger partial charge in [0.15, 0.2) is 0 Å². The first kappa shape index (κ1) is 19.4. The van der Waals surface area contributed by atoms with Crippen LogP contribution >= 0.6 is 12.6 Å². The zero-order chi connectivity index (χ0) is 16.4. The molecule has 0 rings (SSSR count). The number of Topliss-reactive ketones (excluding diaryl/α,β-unsaturated/α-hetero) is 1. The van der Waals surface area contributed by atoms with E-state index in [1.54, 1.807) is 0 Å². The number of hydrogen-bond donors (Lipinski definition) is 5. The van der Waals surface area contributed by atoms with Crippen LogP contribution in [-0.2, 0) is 19.2 Å². The van der Waals surface area contributed by atoms with Gasteiger partial charge in [0.1, 0.15) is 18.4 Å². The Morgan fingerprint density at radius 1 is 1.19 bits per heavy atom. The summed E-state index contributed by atoms with van der Waals surface area (Å²) in [6.07, 6.45) is 0.564. The molecule has 0 fully saturated rings.